The molecule has 4 nitrogen and oxygen atoms in total. The molecule has 3 aromatic rings. The molecule has 0 aliphatic rings. The number of carbonyl (C=O) groups is 1. The number of thiophene rings is 1. The Morgan fingerprint density at radius 2 is 2.14 bits per heavy atom. The molecule has 0 saturated carbocycles. The molecule has 0 bridgehead atoms. The van der Waals surface area contributed by atoms with Gasteiger partial charge in [-0.25, -0.2) is 4.39 Å². The minimum Gasteiger partial charge on any atom is -0.396 e. The molecule has 3 N–H and O–H groups in total. The number of carbonyl (C=O) groups excluding carboxylic acids is 1. The molecule has 0 atom stereocenters. The van der Waals surface area contributed by atoms with Gasteiger partial charge in [0.2, 0.25) is 0 Å². The Kier molecular flexibility index (Phi) is 3.31. The van der Waals surface area contributed by atoms with Gasteiger partial charge in [0.25, 0.3) is 5.91 Å². The van der Waals surface area contributed by atoms with Crippen molar-refractivity contribution in [2.75, 3.05) is 11.1 Å². The standard InChI is InChI=1S/C15H12FN3OS/c1-8-9(16)4-2-5-10(8)19-15(20)14-12(17)13-11(21-14)6-3-7-18-13/h2-7H,17H2,1H3,(H,19,20). The summed E-state index contributed by atoms with van der Waals surface area (Å²) in [6.45, 7) is 1.61. The molecule has 0 aliphatic carbocycles. The van der Waals surface area contributed by atoms with Crippen LogP contribution in [0.3, 0.4) is 0 Å². The second kappa shape index (κ2) is 5.14. The third-order valence-corrected chi connectivity index (χ3v) is 4.36. The number of benzene rings is 1. The molecule has 2 heterocycles. The van der Waals surface area contributed by atoms with Gasteiger partial charge in [-0.1, -0.05) is 6.07 Å². The first kappa shape index (κ1) is 13.5. The lowest BCUT2D eigenvalue weighted by Crippen LogP contribution is -2.13. The minimum atomic E-state index is -0.362. The molecule has 2 aromatic heterocycles. The lowest BCUT2D eigenvalue weighted by molar-refractivity contribution is 0.103. The van der Waals surface area contributed by atoms with Crippen LogP contribution in [0.15, 0.2) is 36.5 Å². The van der Waals surface area contributed by atoms with Gasteiger partial charge < -0.3 is 11.1 Å². The number of amides is 1. The number of nitrogens with one attached hydrogen (secondary N) is 1. The van der Waals surface area contributed by atoms with E-state index in [1.807, 2.05) is 6.07 Å². The average Bonchev–Trinajstić information content (AvgIpc) is 2.82. The molecule has 1 amide bonds. The molecular weight excluding hydrogens is 289 g/mol. The van der Waals surface area contributed by atoms with E-state index >= 15 is 0 Å². The fourth-order valence-electron chi connectivity index (χ4n) is 2.04. The SMILES string of the molecule is Cc1c(F)cccc1NC(=O)c1sc2cccnc2c1N. The van der Waals surface area contributed by atoms with Crippen molar-refractivity contribution in [3.8, 4) is 0 Å². The largest absolute Gasteiger partial charge is 0.396 e. The molecule has 0 aliphatic heterocycles. The molecule has 0 spiro atoms. The van der Waals surface area contributed by atoms with Crippen LogP contribution in [-0.2, 0) is 0 Å². The monoisotopic (exact) mass is 301 g/mol. The quantitative estimate of drug-likeness (QED) is 0.760. The summed E-state index contributed by atoms with van der Waals surface area (Å²) in [5.74, 6) is -0.719. The summed E-state index contributed by atoms with van der Waals surface area (Å²) < 4.78 is 14.3. The van der Waals surface area contributed by atoms with Gasteiger partial charge in [0.05, 0.1) is 10.4 Å². The van der Waals surface area contributed by atoms with Crippen molar-refractivity contribution in [2.24, 2.45) is 0 Å². The Hall–Kier alpha value is -2.47. The molecule has 0 radical (unpaired) electrons. The maximum Gasteiger partial charge on any atom is 0.267 e. The zero-order valence-electron chi connectivity index (χ0n) is 11.2. The number of fused-ring (bicyclic) bond motifs is 1. The van der Waals surface area contributed by atoms with Gasteiger partial charge in [0.15, 0.2) is 0 Å². The highest BCUT2D eigenvalue weighted by Crippen LogP contribution is 2.32. The van der Waals surface area contributed by atoms with Gasteiger partial charge in [-0.3, -0.25) is 9.78 Å². The molecule has 0 saturated heterocycles. The minimum absolute atomic E-state index is 0.349. The van der Waals surface area contributed by atoms with Crippen molar-refractivity contribution >= 4 is 38.8 Å². The summed E-state index contributed by atoms with van der Waals surface area (Å²) in [7, 11) is 0. The maximum absolute atomic E-state index is 13.5. The van der Waals surface area contributed by atoms with Gasteiger partial charge in [0.1, 0.15) is 16.2 Å². The van der Waals surface area contributed by atoms with Crippen molar-refractivity contribution < 1.29 is 9.18 Å². The lowest BCUT2D eigenvalue weighted by atomic mass is 10.2. The second-order valence-corrected chi connectivity index (χ2v) is 5.61. The van der Waals surface area contributed by atoms with E-state index in [0.29, 0.717) is 27.3 Å². The predicted octanol–water partition coefficient (Wildman–Crippen LogP) is 3.58. The summed E-state index contributed by atoms with van der Waals surface area (Å²) in [6, 6.07) is 8.19. The van der Waals surface area contributed by atoms with E-state index < -0.39 is 0 Å². The van der Waals surface area contributed by atoms with Crippen LogP contribution >= 0.6 is 11.3 Å². The van der Waals surface area contributed by atoms with Crippen LogP contribution in [0.2, 0.25) is 0 Å². The molecule has 6 heteroatoms. The molecule has 3 rings (SSSR count). The van der Waals surface area contributed by atoms with Crippen LogP contribution < -0.4 is 11.1 Å². The zero-order chi connectivity index (χ0) is 15.0. The Morgan fingerprint density at radius 1 is 1.33 bits per heavy atom. The van der Waals surface area contributed by atoms with Crippen molar-refractivity contribution in [3.05, 3.63) is 52.8 Å². The first-order chi connectivity index (χ1) is 10.1. The number of nitrogens with zero attached hydrogens (tertiary/aromatic N) is 1. The van der Waals surface area contributed by atoms with Gasteiger partial charge in [-0.15, -0.1) is 11.3 Å². The van der Waals surface area contributed by atoms with Crippen LogP contribution in [0.25, 0.3) is 10.2 Å². The van der Waals surface area contributed by atoms with Gasteiger partial charge in [0, 0.05) is 17.4 Å². The normalized spacial score (nSPS) is 10.8. The van der Waals surface area contributed by atoms with E-state index in [9.17, 15) is 9.18 Å². The molecule has 1 aromatic carbocycles. The van der Waals surface area contributed by atoms with Gasteiger partial charge in [-0.2, -0.15) is 0 Å². The highest BCUT2D eigenvalue weighted by molar-refractivity contribution is 7.21. The third-order valence-electron chi connectivity index (χ3n) is 3.20. The summed E-state index contributed by atoms with van der Waals surface area (Å²) in [6.07, 6.45) is 1.63. The number of nitrogens with two attached hydrogens (primary N) is 1. The fourth-order valence-corrected chi connectivity index (χ4v) is 3.01. The second-order valence-electron chi connectivity index (χ2n) is 4.56. The number of hydrogen-bond donors (Lipinski definition) is 2. The fraction of sp³-hybridized carbons (Fsp3) is 0.0667. The predicted molar refractivity (Wildman–Crippen MR) is 83.1 cm³/mol. The van der Waals surface area contributed by atoms with E-state index in [-0.39, 0.29) is 11.7 Å². The smallest absolute Gasteiger partial charge is 0.267 e. The number of aromatic nitrogens is 1. The van der Waals surface area contributed by atoms with Gasteiger partial charge >= 0.3 is 0 Å². The van der Waals surface area contributed by atoms with Crippen molar-refractivity contribution in [3.63, 3.8) is 0 Å². The Bertz CT molecular complexity index is 844. The van der Waals surface area contributed by atoms with Crippen molar-refractivity contribution in [1.29, 1.82) is 0 Å². The number of pyridine rings is 1. The van der Waals surface area contributed by atoms with E-state index in [4.69, 9.17) is 5.73 Å². The topological polar surface area (TPSA) is 68.0 Å². The molecule has 0 unspecified atom stereocenters. The number of anilines is 2. The molecule has 0 fully saturated rings. The summed E-state index contributed by atoms with van der Waals surface area (Å²) >= 11 is 1.27. The summed E-state index contributed by atoms with van der Waals surface area (Å²) in [5, 5.41) is 2.69. The first-order valence-electron chi connectivity index (χ1n) is 6.27. The summed E-state index contributed by atoms with van der Waals surface area (Å²) in [4.78, 5) is 16.9. The van der Waals surface area contributed by atoms with Crippen molar-refractivity contribution in [1.82, 2.24) is 4.98 Å². The third kappa shape index (κ3) is 2.34. The molecule has 21 heavy (non-hydrogen) atoms. The lowest BCUT2D eigenvalue weighted by Gasteiger charge is -2.08. The van der Waals surface area contributed by atoms with E-state index in [2.05, 4.69) is 10.3 Å². The van der Waals surface area contributed by atoms with Gasteiger partial charge in [-0.05, 0) is 31.2 Å². The Labute approximate surface area is 124 Å². The Balaban J connectivity index is 1.97. The van der Waals surface area contributed by atoms with Crippen molar-refractivity contribution in [2.45, 2.75) is 6.92 Å². The highest BCUT2D eigenvalue weighted by Gasteiger charge is 2.18. The summed E-state index contributed by atoms with van der Waals surface area (Å²) in [5.41, 5.74) is 7.77. The molecular formula is C15H12FN3OS. The van der Waals surface area contributed by atoms with Crippen LogP contribution in [0.1, 0.15) is 15.2 Å². The number of hydrogen-bond acceptors (Lipinski definition) is 4. The number of rotatable bonds is 2. The maximum atomic E-state index is 13.5. The van der Waals surface area contributed by atoms with Crippen LogP contribution in [0.4, 0.5) is 15.8 Å². The Morgan fingerprint density at radius 3 is 2.90 bits per heavy atom. The average molecular weight is 301 g/mol. The van der Waals surface area contributed by atoms with E-state index in [1.54, 1.807) is 31.3 Å². The molecule has 106 valence electrons. The van der Waals surface area contributed by atoms with Crippen LogP contribution in [-0.4, -0.2) is 10.9 Å². The number of nitrogen functional groups attached to an aromatic ring is 1. The van der Waals surface area contributed by atoms with E-state index in [1.165, 1.54) is 17.4 Å². The van der Waals surface area contributed by atoms with E-state index in [0.717, 1.165) is 4.70 Å². The van der Waals surface area contributed by atoms with Crippen LogP contribution in [0, 0.1) is 12.7 Å². The zero-order valence-corrected chi connectivity index (χ0v) is 12.0. The first-order valence-corrected chi connectivity index (χ1v) is 7.09. The van der Waals surface area contributed by atoms with Crippen LogP contribution in [0.5, 0.6) is 0 Å². The number of halogens is 1. The highest BCUT2D eigenvalue weighted by atomic mass is 32.1.